The van der Waals surface area contributed by atoms with Gasteiger partial charge in [0.15, 0.2) is 0 Å². The van der Waals surface area contributed by atoms with Crippen molar-refractivity contribution in [2.75, 3.05) is 6.54 Å². The summed E-state index contributed by atoms with van der Waals surface area (Å²) >= 11 is 9.41. The first kappa shape index (κ1) is 15.3. The summed E-state index contributed by atoms with van der Waals surface area (Å²) in [6.45, 7) is 3.88. The molecule has 1 saturated heterocycles. The average molecular weight is 361 g/mol. The number of rotatable bonds is 2. The second kappa shape index (κ2) is 5.37. The molecular weight excluding hydrogens is 346 g/mol. The van der Waals surface area contributed by atoms with E-state index in [1.807, 2.05) is 6.92 Å². The maximum atomic E-state index is 12.6. The van der Waals surface area contributed by atoms with Gasteiger partial charge in [0.25, 0.3) is 5.91 Å². The van der Waals surface area contributed by atoms with Gasteiger partial charge in [0, 0.05) is 16.6 Å². The largest absolute Gasteiger partial charge is 0.480 e. The summed E-state index contributed by atoms with van der Waals surface area (Å²) in [7, 11) is 0. The van der Waals surface area contributed by atoms with Crippen LogP contribution in [-0.2, 0) is 4.79 Å². The Bertz CT molecular complexity index is 567. The van der Waals surface area contributed by atoms with Gasteiger partial charge in [-0.05, 0) is 60.3 Å². The van der Waals surface area contributed by atoms with Crippen molar-refractivity contribution in [3.8, 4) is 0 Å². The summed E-state index contributed by atoms with van der Waals surface area (Å²) < 4.78 is 0.748. The number of aryl methyl sites for hydroxylation is 1. The fourth-order valence-corrected chi connectivity index (χ4v) is 3.01. The van der Waals surface area contributed by atoms with Crippen LogP contribution in [0.4, 0.5) is 0 Å². The first-order chi connectivity index (χ1) is 9.27. The average Bonchev–Trinajstić information content (AvgIpc) is 2.78. The Morgan fingerprint density at radius 3 is 2.65 bits per heavy atom. The zero-order chi connectivity index (χ0) is 15.1. The van der Waals surface area contributed by atoms with Crippen molar-refractivity contribution >= 4 is 39.4 Å². The summed E-state index contributed by atoms with van der Waals surface area (Å²) in [5.74, 6) is -1.26. The van der Waals surface area contributed by atoms with Crippen molar-refractivity contribution in [3.05, 3.63) is 32.8 Å². The monoisotopic (exact) mass is 359 g/mol. The van der Waals surface area contributed by atoms with E-state index in [0.29, 0.717) is 30.0 Å². The molecule has 1 atom stereocenters. The lowest BCUT2D eigenvalue weighted by Crippen LogP contribution is -2.50. The Morgan fingerprint density at radius 1 is 1.45 bits per heavy atom. The van der Waals surface area contributed by atoms with Crippen molar-refractivity contribution in [3.63, 3.8) is 0 Å². The first-order valence-corrected chi connectivity index (χ1v) is 7.45. The van der Waals surface area contributed by atoms with Gasteiger partial charge < -0.3 is 10.0 Å². The molecule has 1 aromatic rings. The lowest BCUT2D eigenvalue weighted by molar-refractivity contribution is -0.147. The van der Waals surface area contributed by atoms with Crippen LogP contribution < -0.4 is 0 Å². The predicted octanol–water partition coefficient (Wildman–Crippen LogP) is 3.49. The smallest absolute Gasteiger partial charge is 0.329 e. The van der Waals surface area contributed by atoms with Crippen LogP contribution in [-0.4, -0.2) is 34.0 Å². The Kier molecular flexibility index (Phi) is 4.12. The van der Waals surface area contributed by atoms with E-state index in [9.17, 15) is 14.7 Å². The second-order valence-electron chi connectivity index (χ2n) is 5.23. The van der Waals surface area contributed by atoms with Gasteiger partial charge in [0.1, 0.15) is 5.54 Å². The molecule has 1 unspecified atom stereocenters. The van der Waals surface area contributed by atoms with Gasteiger partial charge in [0.2, 0.25) is 0 Å². The molecule has 6 heteroatoms. The van der Waals surface area contributed by atoms with E-state index in [2.05, 4.69) is 15.9 Å². The normalized spacial score (nSPS) is 22.1. The molecular formula is C14H15BrClNO3. The number of nitrogens with zero attached hydrogens (tertiary/aromatic N) is 1. The number of aliphatic carboxylic acids is 1. The van der Waals surface area contributed by atoms with Gasteiger partial charge in [-0.1, -0.05) is 11.6 Å². The van der Waals surface area contributed by atoms with E-state index in [1.165, 1.54) is 4.90 Å². The van der Waals surface area contributed by atoms with E-state index in [4.69, 9.17) is 11.6 Å². The number of carboxylic acid groups (broad SMARTS) is 1. The van der Waals surface area contributed by atoms with E-state index in [0.717, 1.165) is 10.0 Å². The molecule has 1 aliphatic heterocycles. The van der Waals surface area contributed by atoms with Crippen LogP contribution in [0.2, 0.25) is 5.02 Å². The van der Waals surface area contributed by atoms with E-state index >= 15 is 0 Å². The van der Waals surface area contributed by atoms with Gasteiger partial charge in [0.05, 0.1) is 5.02 Å². The fourth-order valence-electron chi connectivity index (χ4n) is 2.52. The first-order valence-electron chi connectivity index (χ1n) is 6.28. The molecule has 1 amide bonds. The van der Waals surface area contributed by atoms with Crippen LogP contribution >= 0.6 is 27.5 Å². The zero-order valence-electron chi connectivity index (χ0n) is 11.2. The molecule has 108 valence electrons. The van der Waals surface area contributed by atoms with E-state index < -0.39 is 11.5 Å². The molecule has 1 fully saturated rings. The standard InChI is InChI=1S/C14H15BrClNO3/c1-8-6-9(7-10(16)11(8)15)12(18)17-5-3-4-14(17,2)13(19)20/h6-7H,3-5H2,1-2H3,(H,19,20). The number of amides is 1. The molecule has 1 aliphatic rings. The number of halogens is 2. The summed E-state index contributed by atoms with van der Waals surface area (Å²) in [6.07, 6.45) is 1.16. The molecule has 0 radical (unpaired) electrons. The Morgan fingerprint density at radius 2 is 2.10 bits per heavy atom. The molecule has 20 heavy (non-hydrogen) atoms. The number of hydrogen-bond donors (Lipinski definition) is 1. The minimum atomic E-state index is -1.13. The minimum Gasteiger partial charge on any atom is -0.480 e. The Hall–Kier alpha value is -1.07. The molecule has 0 aliphatic carbocycles. The fraction of sp³-hybridized carbons (Fsp3) is 0.429. The van der Waals surface area contributed by atoms with Crippen LogP contribution in [0.25, 0.3) is 0 Å². The van der Waals surface area contributed by atoms with Crippen LogP contribution in [0.1, 0.15) is 35.7 Å². The summed E-state index contributed by atoms with van der Waals surface area (Å²) in [5, 5.41) is 9.81. The summed E-state index contributed by atoms with van der Waals surface area (Å²) in [5.41, 5.74) is 0.131. The lowest BCUT2D eigenvalue weighted by atomic mass is 9.98. The molecule has 1 aromatic carbocycles. The van der Waals surface area contributed by atoms with Crippen molar-refractivity contribution in [2.45, 2.75) is 32.2 Å². The number of carboxylic acids is 1. The maximum absolute atomic E-state index is 12.6. The SMILES string of the molecule is Cc1cc(C(=O)N2CCCC2(C)C(=O)O)cc(Cl)c1Br. The molecule has 1 N–H and O–H groups in total. The van der Waals surface area contributed by atoms with E-state index in [-0.39, 0.29) is 5.91 Å². The third-order valence-electron chi connectivity index (χ3n) is 3.80. The molecule has 0 saturated carbocycles. The zero-order valence-corrected chi connectivity index (χ0v) is 13.6. The van der Waals surface area contributed by atoms with E-state index in [1.54, 1.807) is 19.1 Å². The number of carbonyl (C=O) groups is 2. The molecule has 0 spiro atoms. The van der Waals surface area contributed by atoms with Crippen molar-refractivity contribution in [1.82, 2.24) is 4.90 Å². The van der Waals surface area contributed by atoms with Crippen LogP contribution in [0.15, 0.2) is 16.6 Å². The second-order valence-corrected chi connectivity index (χ2v) is 6.43. The van der Waals surface area contributed by atoms with Gasteiger partial charge in [-0.15, -0.1) is 0 Å². The molecule has 0 bridgehead atoms. The molecule has 0 aromatic heterocycles. The number of benzene rings is 1. The van der Waals surface area contributed by atoms with Gasteiger partial charge in [-0.25, -0.2) is 4.79 Å². The Labute approximate surface area is 130 Å². The summed E-state index contributed by atoms with van der Waals surface area (Å²) in [4.78, 5) is 25.4. The topological polar surface area (TPSA) is 57.6 Å². The number of hydrogen-bond acceptors (Lipinski definition) is 2. The quantitative estimate of drug-likeness (QED) is 0.878. The highest BCUT2D eigenvalue weighted by Crippen LogP contribution is 2.33. The summed E-state index contributed by atoms with van der Waals surface area (Å²) in [6, 6.07) is 3.29. The number of carbonyl (C=O) groups excluding carboxylic acids is 1. The highest BCUT2D eigenvalue weighted by molar-refractivity contribution is 9.10. The Balaban J connectivity index is 2.39. The van der Waals surface area contributed by atoms with Gasteiger partial charge >= 0.3 is 5.97 Å². The maximum Gasteiger partial charge on any atom is 0.329 e. The minimum absolute atomic E-state index is 0.287. The van der Waals surface area contributed by atoms with Gasteiger partial charge in [-0.3, -0.25) is 4.79 Å². The third-order valence-corrected chi connectivity index (χ3v) is 5.38. The third kappa shape index (κ3) is 2.44. The van der Waals surface area contributed by atoms with Crippen molar-refractivity contribution in [1.29, 1.82) is 0 Å². The van der Waals surface area contributed by atoms with Crippen molar-refractivity contribution < 1.29 is 14.7 Å². The predicted molar refractivity (Wildman–Crippen MR) is 80.2 cm³/mol. The highest BCUT2D eigenvalue weighted by Gasteiger charge is 2.46. The van der Waals surface area contributed by atoms with Gasteiger partial charge in [-0.2, -0.15) is 0 Å². The highest BCUT2D eigenvalue weighted by atomic mass is 79.9. The lowest BCUT2D eigenvalue weighted by Gasteiger charge is -2.31. The molecule has 4 nitrogen and oxygen atoms in total. The van der Waals surface area contributed by atoms with Crippen LogP contribution in [0.5, 0.6) is 0 Å². The van der Waals surface area contributed by atoms with Crippen LogP contribution in [0.3, 0.4) is 0 Å². The van der Waals surface area contributed by atoms with Crippen LogP contribution in [0, 0.1) is 6.92 Å². The molecule has 2 rings (SSSR count). The number of likely N-dealkylation sites (tertiary alicyclic amines) is 1. The van der Waals surface area contributed by atoms with Crippen molar-refractivity contribution in [2.24, 2.45) is 0 Å². The molecule has 1 heterocycles.